The Kier molecular flexibility index (Phi) is 2.91. The van der Waals surface area contributed by atoms with E-state index in [4.69, 9.17) is 16.3 Å². The van der Waals surface area contributed by atoms with Crippen molar-refractivity contribution >= 4 is 5.97 Å². The molecular formula is C9H13NO3. The molecule has 1 N–H and O–H groups in total. The minimum Gasteiger partial charge on any atom is -0.481 e. The number of carbonyl (C=O) groups is 1. The number of hydrogen-bond donors (Lipinski definition) is 1. The number of carboxylic acids is 1. The molecule has 0 aromatic carbocycles. The maximum absolute atomic E-state index is 10.6. The minimum atomic E-state index is -0.813. The van der Waals surface area contributed by atoms with Gasteiger partial charge in [0, 0.05) is 0 Å². The second-order valence-electron chi connectivity index (χ2n) is 3.35. The second-order valence-corrected chi connectivity index (χ2v) is 3.35. The van der Waals surface area contributed by atoms with Gasteiger partial charge in [-0.15, -0.1) is 6.42 Å². The van der Waals surface area contributed by atoms with Gasteiger partial charge in [0.25, 0.3) is 0 Å². The number of ether oxygens (including phenoxy) is 1. The first-order valence-corrected chi connectivity index (χ1v) is 4.05. The summed E-state index contributed by atoms with van der Waals surface area (Å²) in [5, 5.41) is 8.70. The molecule has 72 valence electrons. The quantitative estimate of drug-likeness (QED) is 0.613. The van der Waals surface area contributed by atoms with Gasteiger partial charge in [0.15, 0.2) is 0 Å². The van der Waals surface area contributed by atoms with Crippen LogP contribution in [0.3, 0.4) is 0 Å². The van der Waals surface area contributed by atoms with Crippen LogP contribution in [0.5, 0.6) is 0 Å². The number of terminal acetylenes is 1. The molecule has 0 atom stereocenters. The summed E-state index contributed by atoms with van der Waals surface area (Å²) in [4.78, 5) is 12.4. The van der Waals surface area contributed by atoms with E-state index < -0.39 is 5.97 Å². The maximum atomic E-state index is 10.6. The Morgan fingerprint density at radius 3 is 2.69 bits per heavy atom. The van der Waals surface area contributed by atoms with Crippen LogP contribution < -0.4 is 0 Å². The molecule has 0 aliphatic carbocycles. The molecule has 0 unspecified atom stereocenters. The van der Waals surface area contributed by atoms with Crippen LogP contribution in [0.2, 0.25) is 0 Å². The van der Waals surface area contributed by atoms with Gasteiger partial charge in [0.1, 0.15) is 0 Å². The Balaban J connectivity index is 2.59. The highest BCUT2D eigenvalue weighted by Crippen LogP contribution is 2.27. The van der Waals surface area contributed by atoms with E-state index in [-0.39, 0.29) is 12.0 Å². The van der Waals surface area contributed by atoms with Crippen molar-refractivity contribution in [2.45, 2.75) is 12.0 Å². The zero-order chi connectivity index (χ0) is 9.90. The molecule has 0 amide bonds. The van der Waals surface area contributed by atoms with Crippen molar-refractivity contribution in [2.75, 3.05) is 26.8 Å². The van der Waals surface area contributed by atoms with E-state index in [1.54, 1.807) is 0 Å². The first kappa shape index (κ1) is 10.0. The van der Waals surface area contributed by atoms with E-state index in [1.807, 2.05) is 11.9 Å². The maximum Gasteiger partial charge on any atom is 0.305 e. The topological polar surface area (TPSA) is 49.8 Å². The molecule has 0 radical (unpaired) electrons. The number of rotatable bonds is 4. The Bertz CT molecular complexity index is 240. The molecule has 1 rings (SSSR count). The van der Waals surface area contributed by atoms with E-state index in [1.165, 1.54) is 0 Å². The number of likely N-dealkylation sites (N-methyl/N-ethyl adjacent to an activating group) is 1. The van der Waals surface area contributed by atoms with Crippen LogP contribution in [-0.4, -0.2) is 48.3 Å². The van der Waals surface area contributed by atoms with E-state index >= 15 is 0 Å². The lowest BCUT2D eigenvalue weighted by molar-refractivity contribution is -0.160. The fourth-order valence-corrected chi connectivity index (χ4v) is 1.38. The summed E-state index contributed by atoms with van der Waals surface area (Å²) < 4.78 is 5.03. The Morgan fingerprint density at radius 1 is 1.77 bits per heavy atom. The van der Waals surface area contributed by atoms with Gasteiger partial charge in [-0.3, -0.25) is 9.69 Å². The highest BCUT2D eigenvalue weighted by molar-refractivity contribution is 5.68. The SMILES string of the molecule is C#CCN(C)C1(CC(=O)O)COC1. The summed E-state index contributed by atoms with van der Waals surface area (Å²) in [5.41, 5.74) is -0.377. The van der Waals surface area contributed by atoms with Crippen molar-refractivity contribution in [3.05, 3.63) is 0 Å². The zero-order valence-corrected chi connectivity index (χ0v) is 7.62. The second kappa shape index (κ2) is 3.77. The van der Waals surface area contributed by atoms with Gasteiger partial charge < -0.3 is 9.84 Å². The normalized spacial score (nSPS) is 19.2. The van der Waals surface area contributed by atoms with Crippen LogP contribution in [0.25, 0.3) is 0 Å². The van der Waals surface area contributed by atoms with Gasteiger partial charge in [0.05, 0.1) is 31.7 Å². The van der Waals surface area contributed by atoms with E-state index in [2.05, 4.69) is 5.92 Å². The molecule has 1 aliphatic heterocycles. The monoisotopic (exact) mass is 183 g/mol. The lowest BCUT2D eigenvalue weighted by atomic mass is 9.91. The molecule has 0 spiro atoms. The molecule has 13 heavy (non-hydrogen) atoms. The summed E-state index contributed by atoms with van der Waals surface area (Å²) in [6, 6.07) is 0. The molecule has 1 heterocycles. The van der Waals surface area contributed by atoms with E-state index in [0.717, 1.165) is 0 Å². The van der Waals surface area contributed by atoms with Crippen molar-refractivity contribution in [1.29, 1.82) is 0 Å². The molecule has 1 saturated heterocycles. The summed E-state index contributed by atoms with van der Waals surface area (Å²) >= 11 is 0. The molecule has 0 aromatic heterocycles. The molecule has 4 nitrogen and oxygen atoms in total. The smallest absolute Gasteiger partial charge is 0.305 e. The third kappa shape index (κ3) is 2.00. The molecule has 1 fully saturated rings. The van der Waals surface area contributed by atoms with Crippen LogP contribution in [0.15, 0.2) is 0 Å². The highest BCUT2D eigenvalue weighted by Gasteiger charge is 2.43. The van der Waals surface area contributed by atoms with Crippen LogP contribution in [0.4, 0.5) is 0 Å². The summed E-state index contributed by atoms with van der Waals surface area (Å²) in [5.74, 6) is 1.68. The van der Waals surface area contributed by atoms with Crippen LogP contribution >= 0.6 is 0 Å². The predicted molar refractivity (Wildman–Crippen MR) is 47.3 cm³/mol. The van der Waals surface area contributed by atoms with E-state index in [9.17, 15) is 4.79 Å². The summed E-state index contributed by atoms with van der Waals surface area (Å²) in [6.07, 6.45) is 5.24. The van der Waals surface area contributed by atoms with Crippen LogP contribution in [-0.2, 0) is 9.53 Å². The summed E-state index contributed by atoms with van der Waals surface area (Å²) in [6.45, 7) is 1.37. The average Bonchev–Trinajstić information content (AvgIpc) is 1.96. The van der Waals surface area contributed by atoms with Crippen molar-refractivity contribution in [1.82, 2.24) is 4.90 Å². The standard InChI is InChI=1S/C9H13NO3/c1-3-4-10(2)9(5-8(11)12)6-13-7-9/h1H,4-7H2,2H3,(H,11,12). The van der Waals surface area contributed by atoms with Crippen LogP contribution in [0.1, 0.15) is 6.42 Å². The molecule has 0 aromatic rings. The van der Waals surface area contributed by atoms with Gasteiger partial charge in [-0.25, -0.2) is 0 Å². The third-order valence-electron chi connectivity index (χ3n) is 2.36. The molecule has 4 heteroatoms. The highest BCUT2D eigenvalue weighted by atomic mass is 16.5. The number of hydrogen-bond acceptors (Lipinski definition) is 3. The molecule has 1 aliphatic rings. The number of nitrogens with zero attached hydrogens (tertiary/aromatic N) is 1. The zero-order valence-electron chi connectivity index (χ0n) is 7.62. The molecule has 0 bridgehead atoms. The fourth-order valence-electron chi connectivity index (χ4n) is 1.38. The van der Waals surface area contributed by atoms with Crippen molar-refractivity contribution in [2.24, 2.45) is 0 Å². The largest absolute Gasteiger partial charge is 0.481 e. The van der Waals surface area contributed by atoms with Gasteiger partial charge in [-0.1, -0.05) is 5.92 Å². The van der Waals surface area contributed by atoms with Gasteiger partial charge in [-0.05, 0) is 7.05 Å². The first-order chi connectivity index (χ1) is 6.10. The Hall–Kier alpha value is -1.05. The molecular weight excluding hydrogens is 170 g/mol. The first-order valence-electron chi connectivity index (χ1n) is 4.05. The molecule has 0 saturated carbocycles. The minimum absolute atomic E-state index is 0.0885. The lowest BCUT2D eigenvalue weighted by Crippen LogP contribution is -2.61. The van der Waals surface area contributed by atoms with Crippen molar-refractivity contribution in [3.63, 3.8) is 0 Å². The van der Waals surface area contributed by atoms with Gasteiger partial charge in [-0.2, -0.15) is 0 Å². The average molecular weight is 183 g/mol. The Morgan fingerprint density at radius 2 is 2.38 bits per heavy atom. The van der Waals surface area contributed by atoms with Crippen molar-refractivity contribution < 1.29 is 14.6 Å². The third-order valence-corrected chi connectivity index (χ3v) is 2.36. The van der Waals surface area contributed by atoms with Gasteiger partial charge >= 0.3 is 5.97 Å². The van der Waals surface area contributed by atoms with Gasteiger partial charge in [0.2, 0.25) is 0 Å². The number of carboxylic acid groups (broad SMARTS) is 1. The number of aliphatic carboxylic acids is 1. The van der Waals surface area contributed by atoms with E-state index in [0.29, 0.717) is 19.8 Å². The summed E-state index contributed by atoms with van der Waals surface area (Å²) in [7, 11) is 1.82. The Labute approximate surface area is 77.5 Å². The fraction of sp³-hybridized carbons (Fsp3) is 0.667. The predicted octanol–water partition coefficient (Wildman–Crippen LogP) is -0.205. The lowest BCUT2D eigenvalue weighted by Gasteiger charge is -2.46. The van der Waals surface area contributed by atoms with Crippen LogP contribution in [0, 0.1) is 12.3 Å². The van der Waals surface area contributed by atoms with Crippen molar-refractivity contribution in [3.8, 4) is 12.3 Å².